The Kier molecular flexibility index (Phi) is 3.88. The van der Waals surface area contributed by atoms with Gasteiger partial charge in [0.2, 0.25) is 0 Å². The molecule has 6 nitrogen and oxygen atoms in total. The molecule has 0 saturated heterocycles. The highest BCUT2D eigenvalue weighted by Gasteiger charge is 2.11. The number of aromatic nitrogens is 2. The SMILES string of the molecule is Cc1ccc(NC(=O)Nc2nnc(-c3ccsc3)o2)cc1C. The van der Waals surface area contributed by atoms with Crippen molar-refractivity contribution in [2.24, 2.45) is 0 Å². The molecular weight excluding hydrogens is 300 g/mol. The first-order valence-corrected chi connectivity index (χ1v) is 7.57. The van der Waals surface area contributed by atoms with Crippen molar-refractivity contribution < 1.29 is 9.21 Å². The number of carbonyl (C=O) groups is 1. The van der Waals surface area contributed by atoms with Gasteiger partial charge >= 0.3 is 12.0 Å². The minimum atomic E-state index is -0.427. The third kappa shape index (κ3) is 3.15. The molecule has 3 aromatic rings. The number of urea groups is 1. The van der Waals surface area contributed by atoms with Crippen LogP contribution in [-0.4, -0.2) is 16.2 Å². The third-order valence-electron chi connectivity index (χ3n) is 3.18. The van der Waals surface area contributed by atoms with E-state index in [1.807, 2.05) is 48.9 Å². The molecule has 3 rings (SSSR count). The Morgan fingerprint density at radius 3 is 2.73 bits per heavy atom. The number of anilines is 2. The molecule has 0 aliphatic rings. The average molecular weight is 314 g/mol. The number of aryl methyl sites for hydroxylation is 2. The van der Waals surface area contributed by atoms with Gasteiger partial charge in [0.15, 0.2) is 0 Å². The first-order chi connectivity index (χ1) is 10.6. The highest BCUT2D eigenvalue weighted by Crippen LogP contribution is 2.22. The molecule has 0 bridgehead atoms. The fourth-order valence-electron chi connectivity index (χ4n) is 1.86. The van der Waals surface area contributed by atoms with Crippen LogP contribution in [0.4, 0.5) is 16.5 Å². The number of amides is 2. The summed E-state index contributed by atoms with van der Waals surface area (Å²) >= 11 is 1.53. The van der Waals surface area contributed by atoms with E-state index in [2.05, 4.69) is 20.8 Å². The highest BCUT2D eigenvalue weighted by atomic mass is 32.1. The van der Waals surface area contributed by atoms with Gasteiger partial charge in [-0.3, -0.25) is 5.32 Å². The monoisotopic (exact) mass is 314 g/mol. The summed E-state index contributed by atoms with van der Waals surface area (Å²) in [5, 5.41) is 16.8. The quantitative estimate of drug-likeness (QED) is 0.764. The second kappa shape index (κ2) is 5.98. The fraction of sp³-hybridized carbons (Fsp3) is 0.133. The lowest BCUT2D eigenvalue weighted by atomic mass is 10.1. The normalized spacial score (nSPS) is 10.5. The van der Waals surface area contributed by atoms with E-state index in [1.165, 1.54) is 16.9 Å². The molecule has 0 aliphatic heterocycles. The van der Waals surface area contributed by atoms with Gasteiger partial charge in [0, 0.05) is 16.6 Å². The standard InChI is InChI=1S/C15H14N4O2S/c1-9-3-4-12(7-10(9)2)16-14(20)17-15-19-18-13(21-15)11-5-6-22-8-11/h3-8H,1-2H3,(H2,16,17,19,20). The molecule has 2 heterocycles. The van der Waals surface area contributed by atoms with Crippen molar-refractivity contribution in [3.8, 4) is 11.5 Å². The number of hydrogen-bond donors (Lipinski definition) is 2. The molecule has 7 heteroatoms. The van der Waals surface area contributed by atoms with Crippen molar-refractivity contribution in [3.05, 3.63) is 46.2 Å². The number of nitrogens with one attached hydrogen (secondary N) is 2. The van der Waals surface area contributed by atoms with Crippen molar-refractivity contribution in [1.29, 1.82) is 0 Å². The fourth-order valence-corrected chi connectivity index (χ4v) is 2.48. The Morgan fingerprint density at radius 1 is 1.14 bits per heavy atom. The lowest BCUT2D eigenvalue weighted by Crippen LogP contribution is -2.19. The van der Waals surface area contributed by atoms with Crippen LogP contribution >= 0.6 is 11.3 Å². The van der Waals surface area contributed by atoms with Crippen molar-refractivity contribution >= 4 is 29.1 Å². The highest BCUT2D eigenvalue weighted by molar-refractivity contribution is 7.08. The Hall–Kier alpha value is -2.67. The molecule has 112 valence electrons. The van der Waals surface area contributed by atoms with Crippen LogP contribution in [0.3, 0.4) is 0 Å². The van der Waals surface area contributed by atoms with Crippen molar-refractivity contribution in [1.82, 2.24) is 10.2 Å². The Labute approximate surface area is 131 Å². The Balaban J connectivity index is 1.65. The predicted molar refractivity (Wildman–Crippen MR) is 86.2 cm³/mol. The van der Waals surface area contributed by atoms with Crippen LogP contribution in [0.5, 0.6) is 0 Å². The maximum Gasteiger partial charge on any atom is 0.327 e. The van der Waals surface area contributed by atoms with Gasteiger partial charge in [-0.05, 0) is 48.6 Å². The van der Waals surface area contributed by atoms with Gasteiger partial charge in [-0.1, -0.05) is 11.2 Å². The van der Waals surface area contributed by atoms with Crippen LogP contribution in [0, 0.1) is 13.8 Å². The first-order valence-electron chi connectivity index (χ1n) is 6.63. The van der Waals surface area contributed by atoms with E-state index in [9.17, 15) is 4.79 Å². The zero-order chi connectivity index (χ0) is 15.5. The zero-order valence-corrected chi connectivity index (χ0v) is 12.9. The van der Waals surface area contributed by atoms with Crippen molar-refractivity contribution in [2.45, 2.75) is 13.8 Å². The summed E-state index contributed by atoms with van der Waals surface area (Å²) in [4.78, 5) is 11.9. The molecule has 0 fully saturated rings. The summed E-state index contributed by atoms with van der Waals surface area (Å²) in [5.74, 6) is 0.378. The van der Waals surface area contributed by atoms with Crippen LogP contribution in [-0.2, 0) is 0 Å². The number of rotatable bonds is 3. The van der Waals surface area contributed by atoms with E-state index >= 15 is 0 Å². The lowest BCUT2D eigenvalue weighted by molar-refractivity contribution is 0.261. The average Bonchev–Trinajstić information content (AvgIpc) is 3.13. The summed E-state index contributed by atoms with van der Waals surface area (Å²) in [6.45, 7) is 4.01. The van der Waals surface area contributed by atoms with E-state index in [0.717, 1.165) is 11.1 Å². The molecule has 22 heavy (non-hydrogen) atoms. The van der Waals surface area contributed by atoms with Crippen LogP contribution in [0.25, 0.3) is 11.5 Å². The first kappa shape index (κ1) is 14.3. The molecule has 0 aliphatic carbocycles. The second-order valence-electron chi connectivity index (χ2n) is 4.80. The molecular formula is C15H14N4O2S. The maximum atomic E-state index is 11.9. The number of carbonyl (C=O) groups excluding carboxylic acids is 1. The molecule has 2 N–H and O–H groups in total. The number of benzene rings is 1. The molecule has 0 spiro atoms. The molecule has 2 aromatic heterocycles. The second-order valence-corrected chi connectivity index (χ2v) is 5.58. The minimum Gasteiger partial charge on any atom is -0.403 e. The van der Waals surface area contributed by atoms with E-state index < -0.39 is 6.03 Å². The molecule has 1 aromatic carbocycles. The molecule has 0 atom stereocenters. The smallest absolute Gasteiger partial charge is 0.327 e. The number of thiophene rings is 1. The summed E-state index contributed by atoms with van der Waals surface area (Å²) < 4.78 is 5.39. The van der Waals surface area contributed by atoms with Gasteiger partial charge in [-0.25, -0.2) is 4.79 Å². The van der Waals surface area contributed by atoms with Gasteiger partial charge in [0.1, 0.15) is 0 Å². The zero-order valence-electron chi connectivity index (χ0n) is 12.1. The molecule has 0 unspecified atom stereocenters. The summed E-state index contributed by atoms with van der Waals surface area (Å²) in [5.41, 5.74) is 3.82. The van der Waals surface area contributed by atoms with Crippen LogP contribution in [0.15, 0.2) is 39.4 Å². The third-order valence-corrected chi connectivity index (χ3v) is 3.86. The number of nitrogens with zero attached hydrogens (tertiary/aromatic N) is 2. The summed E-state index contributed by atoms with van der Waals surface area (Å²) in [6, 6.07) is 7.20. The minimum absolute atomic E-state index is 0.0579. The largest absolute Gasteiger partial charge is 0.403 e. The number of hydrogen-bond acceptors (Lipinski definition) is 5. The van der Waals surface area contributed by atoms with E-state index in [1.54, 1.807) is 0 Å². The predicted octanol–water partition coefficient (Wildman–Crippen LogP) is 4.06. The summed E-state index contributed by atoms with van der Waals surface area (Å²) in [6.07, 6.45) is 0. The van der Waals surface area contributed by atoms with Gasteiger partial charge in [-0.15, -0.1) is 5.10 Å². The van der Waals surface area contributed by atoms with Crippen molar-refractivity contribution in [3.63, 3.8) is 0 Å². The summed E-state index contributed by atoms with van der Waals surface area (Å²) in [7, 11) is 0. The van der Waals surface area contributed by atoms with Gasteiger partial charge in [-0.2, -0.15) is 11.3 Å². The molecule has 2 amide bonds. The van der Waals surface area contributed by atoms with Crippen LogP contribution < -0.4 is 10.6 Å². The topological polar surface area (TPSA) is 80.0 Å². The van der Waals surface area contributed by atoms with E-state index in [-0.39, 0.29) is 6.01 Å². The van der Waals surface area contributed by atoms with Gasteiger partial charge < -0.3 is 9.73 Å². The van der Waals surface area contributed by atoms with Gasteiger partial charge in [0.25, 0.3) is 5.89 Å². The molecule has 0 radical (unpaired) electrons. The lowest BCUT2D eigenvalue weighted by Gasteiger charge is -2.07. The maximum absolute atomic E-state index is 11.9. The van der Waals surface area contributed by atoms with Crippen LogP contribution in [0.2, 0.25) is 0 Å². The van der Waals surface area contributed by atoms with E-state index in [4.69, 9.17) is 4.42 Å². The Bertz CT molecular complexity index is 796. The van der Waals surface area contributed by atoms with E-state index in [0.29, 0.717) is 11.6 Å². The van der Waals surface area contributed by atoms with Gasteiger partial charge in [0.05, 0.1) is 0 Å². The Morgan fingerprint density at radius 2 is 2.00 bits per heavy atom. The van der Waals surface area contributed by atoms with Crippen molar-refractivity contribution in [2.75, 3.05) is 10.6 Å². The van der Waals surface area contributed by atoms with Crippen LogP contribution in [0.1, 0.15) is 11.1 Å². The molecule has 0 saturated carbocycles.